The Bertz CT molecular complexity index is 985. The van der Waals surface area contributed by atoms with Crippen LogP contribution in [0.15, 0.2) is 30.3 Å². The second-order valence-electron chi connectivity index (χ2n) is 7.71. The summed E-state index contributed by atoms with van der Waals surface area (Å²) < 4.78 is 6.63. The molecule has 1 heterocycles. The maximum absolute atomic E-state index is 12.4. The standard InChI is InChI=1S/C21H25N3O2S/c1-12-10-16-19(27-20(22)23-16)13(2)18(12)24-17(25)11-26-15-8-6-14(7-9-15)21(3,4)5/h6-10H,11H2,1-5H3,(H2,22,23)(H,24,25). The summed E-state index contributed by atoms with van der Waals surface area (Å²) in [5, 5.41) is 3.49. The van der Waals surface area contributed by atoms with E-state index in [-0.39, 0.29) is 17.9 Å². The van der Waals surface area contributed by atoms with E-state index in [4.69, 9.17) is 10.5 Å². The van der Waals surface area contributed by atoms with Crippen LogP contribution in [0.4, 0.5) is 10.8 Å². The summed E-state index contributed by atoms with van der Waals surface area (Å²) >= 11 is 1.43. The van der Waals surface area contributed by atoms with Crippen LogP contribution in [-0.4, -0.2) is 17.5 Å². The van der Waals surface area contributed by atoms with Crippen molar-refractivity contribution in [2.24, 2.45) is 0 Å². The number of nitrogen functional groups attached to an aromatic ring is 1. The van der Waals surface area contributed by atoms with Gasteiger partial charge in [-0.05, 0) is 54.2 Å². The molecular weight excluding hydrogens is 358 g/mol. The Kier molecular flexibility index (Phi) is 5.11. The molecule has 0 saturated carbocycles. The van der Waals surface area contributed by atoms with E-state index in [1.807, 2.05) is 44.2 Å². The lowest BCUT2D eigenvalue weighted by atomic mass is 9.87. The Labute approximate surface area is 163 Å². The summed E-state index contributed by atoms with van der Waals surface area (Å²) in [4.78, 5) is 16.7. The summed E-state index contributed by atoms with van der Waals surface area (Å²) in [6, 6.07) is 9.80. The van der Waals surface area contributed by atoms with Gasteiger partial charge in [0, 0.05) is 5.69 Å². The van der Waals surface area contributed by atoms with Gasteiger partial charge in [-0.15, -0.1) is 0 Å². The van der Waals surface area contributed by atoms with E-state index in [1.54, 1.807) is 0 Å². The molecule has 0 fully saturated rings. The van der Waals surface area contributed by atoms with Crippen molar-refractivity contribution in [1.29, 1.82) is 0 Å². The number of hydrogen-bond acceptors (Lipinski definition) is 5. The number of nitrogens with two attached hydrogens (primary N) is 1. The van der Waals surface area contributed by atoms with E-state index in [0.29, 0.717) is 10.9 Å². The number of rotatable bonds is 4. The first-order valence-electron chi connectivity index (χ1n) is 8.84. The summed E-state index contributed by atoms with van der Waals surface area (Å²) in [5.74, 6) is 0.482. The summed E-state index contributed by atoms with van der Waals surface area (Å²) in [5.41, 5.74) is 10.7. The predicted octanol–water partition coefficient (Wildman–Crippen LogP) is 4.81. The Morgan fingerprint density at radius 3 is 2.52 bits per heavy atom. The first-order chi connectivity index (χ1) is 12.6. The molecule has 3 rings (SSSR count). The molecule has 1 amide bonds. The predicted molar refractivity (Wildman–Crippen MR) is 113 cm³/mol. The van der Waals surface area contributed by atoms with Crippen molar-refractivity contribution < 1.29 is 9.53 Å². The first-order valence-corrected chi connectivity index (χ1v) is 9.66. The number of amides is 1. The van der Waals surface area contributed by atoms with Gasteiger partial charge in [0.2, 0.25) is 0 Å². The van der Waals surface area contributed by atoms with Gasteiger partial charge < -0.3 is 15.8 Å². The van der Waals surface area contributed by atoms with Gasteiger partial charge in [0.1, 0.15) is 5.75 Å². The van der Waals surface area contributed by atoms with Crippen molar-refractivity contribution in [2.75, 3.05) is 17.7 Å². The van der Waals surface area contributed by atoms with Crippen molar-refractivity contribution in [2.45, 2.75) is 40.0 Å². The molecule has 0 aliphatic rings. The molecule has 0 atom stereocenters. The third-order valence-corrected chi connectivity index (χ3v) is 5.51. The number of benzene rings is 2. The van der Waals surface area contributed by atoms with Crippen LogP contribution >= 0.6 is 11.3 Å². The van der Waals surface area contributed by atoms with E-state index in [2.05, 4.69) is 31.1 Å². The minimum Gasteiger partial charge on any atom is -0.484 e. The minimum absolute atomic E-state index is 0.0450. The number of fused-ring (bicyclic) bond motifs is 1. The second-order valence-corrected chi connectivity index (χ2v) is 8.74. The van der Waals surface area contributed by atoms with Gasteiger partial charge in [-0.2, -0.15) is 0 Å². The Morgan fingerprint density at radius 1 is 1.22 bits per heavy atom. The van der Waals surface area contributed by atoms with E-state index < -0.39 is 0 Å². The van der Waals surface area contributed by atoms with Crippen molar-refractivity contribution in [3.63, 3.8) is 0 Å². The highest BCUT2D eigenvalue weighted by Crippen LogP contribution is 2.34. The van der Waals surface area contributed by atoms with E-state index in [1.165, 1.54) is 16.9 Å². The summed E-state index contributed by atoms with van der Waals surface area (Å²) in [7, 11) is 0. The fourth-order valence-electron chi connectivity index (χ4n) is 2.97. The van der Waals surface area contributed by atoms with Crippen LogP contribution < -0.4 is 15.8 Å². The second kappa shape index (κ2) is 7.19. The highest BCUT2D eigenvalue weighted by molar-refractivity contribution is 7.22. The number of hydrogen-bond donors (Lipinski definition) is 2. The molecule has 142 valence electrons. The molecule has 0 spiro atoms. The number of aryl methyl sites for hydroxylation is 2. The Morgan fingerprint density at radius 2 is 1.89 bits per heavy atom. The van der Waals surface area contributed by atoms with Crippen LogP contribution in [-0.2, 0) is 10.2 Å². The van der Waals surface area contributed by atoms with E-state index in [9.17, 15) is 4.79 Å². The normalized spacial score (nSPS) is 11.6. The minimum atomic E-state index is -0.196. The molecule has 5 nitrogen and oxygen atoms in total. The quantitative estimate of drug-likeness (QED) is 0.678. The van der Waals surface area contributed by atoms with Crippen LogP contribution in [0.3, 0.4) is 0 Å². The molecule has 0 saturated heterocycles. The largest absolute Gasteiger partial charge is 0.484 e. The number of carbonyl (C=O) groups is 1. The number of thiazole rings is 1. The number of nitrogens with zero attached hydrogens (tertiary/aromatic N) is 1. The van der Waals surface area contributed by atoms with Crippen LogP contribution in [0, 0.1) is 13.8 Å². The fourth-order valence-corrected chi connectivity index (χ4v) is 3.79. The molecule has 6 heteroatoms. The van der Waals surface area contributed by atoms with Crippen LogP contribution in [0.1, 0.15) is 37.5 Å². The zero-order valence-electron chi connectivity index (χ0n) is 16.3. The maximum Gasteiger partial charge on any atom is 0.262 e. The number of aromatic nitrogens is 1. The van der Waals surface area contributed by atoms with Gasteiger partial charge in [-0.3, -0.25) is 4.79 Å². The molecule has 3 aromatic rings. The average Bonchev–Trinajstić information content (AvgIpc) is 2.97. The molecule has 0 unspecified atom stereocenters. The first kappa shape index (κ1) is 19.2. The van der Waals surface area contributed by atoms with Crippen molar-refractivity contribution in [3.8, 4) is 5.75 Å². The van der Waals surface area contributed by atoms with Crippen LogP contribution in [0.5, 0.6) is 5.75 Å². The maximum atomic E-state index is 12.4. The van der Waals surface area contributed by atoms with Gasteiger partial charge in [0.05, 0.1) is 10.2 Å². The summed E-state index contributed by atoms with van der Waals surface area (Å²) in [6.45, 7) is 10.4. The zero-order valence-corrected chi connectivity index (χ0v) is 17.2. The van der Waals surface area contributed by atoms with Gasteiger partial charge >= 0.3 is 0 Å². The summed E-state index contributed by atoms with van der Waals surface area (Å²) in [6.07, 6.45) is 0. The molecule has 0 bridgehead atoms. The van der Waals surface area contributed by atoms with Gasteiger partial charge in [-0.25, -0.2) is 4.98 Å². The number of carbonyl (C=O) groups excluding carboxylic acids is 1. The SMILES string of the molecule is Cc1cc2nc(N)sc2c(C)c1NC(=O)COc1ccc(C(C)(C)C)cc1. The lowest BCUT2D eigenvalue weighted by molar-refractivity contribution is -0.118. The van der Waals surface area contributed by atoms with Crippen molar-refractivity contribution in [1.82, 2.24) is 4.98 Å². The molecule has 0 aliphatic carbocycles. The third kappa shape index (κ3) is 4.22. The van der Waals surface area contributed by atoms with Crippen LogP contribution in [0.2, 0.25) is 0 Å². The molecule has 0 aliphatic heterocycles. The molecule has 3 N–H and O–H groups in total. The number of ether oxygens (including phenoxy) is 1. The smallest absolute Gasteiger partial charge is 0.262 e. The molecule has 1 aromatic heterocycles. The van der Waals surface area contributed by atoms with Gasteiger partial charge in [0.15, 0.2) is 11.7 Å². The van der Waals surface area contributed by atoms with Crippen molar-refractivity contribution >= 4 is 38.3 Å². The van der Waals surface area contributed by atoms with Crippen LogP contribution in [0.25, 0.3) is 10.2 Å². The monoisotopic (exact) mass is 383 g/mol. The highest BCUT2D eigenvalue weighted by atomic mass is 32.1. The zero-order chi connectivity index (χ0) is 19.8. The Balaban J connectivity index is 1.68. The molecule has 27 heavy (non-hydrogen) atoms. The molecular formula is C21H25N3O2S. The topological polar surface area (TPSA) is 77.2 Å². The van der Waals surface area contributed by atoms with E-state index in [0.717, 1.165) is 27.0 Å². The third-order valence-electron chi connectivity index (χ3n) is 4.49. The highest BCUT2D eigenvalue weighted by Gasteiger charge is 2.15. The fraction of sp³-hybridized carbons (Fsp3) is 0.333. The number of anilines is 2. The molecule has 0 radical (unpaired) electrons. The van der Waals surface area contributed by atoms with Crippen molar-refractivity contribution in [3.05, 3.63) is 47.0 Å². The Hall–Kier alpha value is -2.60. The lowest BCUT2D eigenvalue weighted by Crippen LogP contribution is -2.21. The van der Waals surface area contributed by atoms with E-state index >= 15 is 0 Å². The average molecular weight is 384 g/mol. The number of nitrogens with one attached hydrogen (secondary N) is 1. The van der Waals surface area contributed by atoms with Gasteiger partial charge in [-0.1, -0.05) is 44.2 Å². The van der Waals surface area contributed by atoms with Gasteiger partial charge in [0.25, 0.3) is 5.91 Å². The molecule has 2 aromatic carbocycles. The lowest BCUT2D eigenvalue weighted by Gasteiger charge is -2.19.